The average molecular weight is 230 g/mol. The summed E-state index contributed by atoms with van der Waals surface area (Å²) < 4.78 is 5.12. The summed E-state index contributed by atoms with van der Waals surface area (Å²) in [6.07, 6.45) is 1.55. The average Bonchev–Trinajstić information content (AvgIpc) is 2.61. The summed E-state index contributed by atoms with van der Waals surface area (Å²) in [5.74, 6) is -0.404. The molecule has 4 N–H and O–H groups in total. The van der Waals surface area contributed by atoms with Gasteiger partial charge in [0.2, 0.25) is 5.91 Å². The number of hydrogen-bond donors (Lipinski definition) is 3. The predicted molar refractivity (Wildman–Crippen MR) is 60.8 cm³/mol. The van der Waals surface area contributed by atoms with E-state index in [1.165, 1.54) is 0 Å². The molecule has 0 aromatic heterocycles. The second-order valence-electron chi connectivity index (χ2n) is 4.77. The van der Waals surface area contributed by atoms with E-state index in [2.05, 4.69) is 5.32 Å². The maximum absolute atomic E-state index is 11.7. The van der Waals surface area contributed by atoms with Crippen LogP contribution in [0, 0.1) is 5.92 Å². The molecule has 0 bridgehead atoms. The van der Waals surface area contributed by atoms with Gasteiger partial charge >= 0.3 is 0 Å². The van der Waals surface area contributed by atoms with Crippen molar-refractivity contribution in [1.29, 1.82) is 0 Å². The summed E-state index contributed by atoms with van der Waals surface area (Å²) in [6.45, 7) is 4.80. The lowest BCUT2D eigenvalue weighted by Crippen LogP contribution is -2.46. The zero-order valence-electron chi connectivity index (χ0n) is 10.0. The fourth-order valence-electron chi connectivity index (χ4n) is 1.88. The Balaban J connectivity index is 2.34. The molecule has 1 aliphatic rings. The Kier molecular flexibility index (Phi) is 4.70. The Morgan fingerprint density at radius 3 is 2.81 bits per heavy atom. The number of hydrogen-bond acceptors (Lipinski definition) is 4. The van der Waals surface area contributed by atoms with Crippen molar-refractivity contribution in [2.45, 2.75) is 38.3 Å². The van der Waals surface area contributed by atoms with E-state index in [0.29, 0.717) is 19.6 Å². The highest BCUT2D eigenvalue weighted by atomic mass is 16.5. The zero-order valence-corrected chi connectivity index (χ0v) is 10.0. The highest BCUT2D eigenvalue weighted by Crippen LogP contribution is 2.13. The van der Waals surface area contributed by atoms with Crippen molar-refractivity contribution in [3.05, 3.63) is 0 Å². The monoisotopic (exact) mass is 230 g/mol. The van der Waals surface area contributed by atoms with Gasteiger partial charge in [0.25, 0.3) is 0 Å². The van der Waals surface area contributed by atoms with Gasteiger partial charge in [0, 0.05) is 12.6 Å². The van der Waals surface area contributed by atoms with Crippen LogP contribution in [0.3, 0.4) is 0 Å². The molecule has 1 amide bonds. The van der Waals surface area contributed by atoms with E-state index in [4.69, 9.17) is 10.5 Å². The molecule has 16 heavy (non-hydrogen) atoms. The van der Waals surface area contributed by atoms with Gasteiger partial charge in [0.15, 0.2) is 0 Å². The number of rotatable bonds is 5. The van der Waals surface area contributed by atoms with E-state index in [1.807, 2.05) is 6.92 Å². The van der Waals surface area contributed by atoms with Gasteiger partial charge in [-0.3, -0.25) is 4.79 Å². The van der Waals surface area contributed by atoms with Crippen LogP contribution in [0.1, 0.15) is 26.7 Å². The van der Waals surface area contributed by atoms with Gasteiger partial charge < -0.3 is 20.9 Å². The fraction of sp³-hybridized carbons (Fsp3) is 0.909. The maximum Gasteiger partial charge on any atom is 0.227 e. The second kappa shape index (κ2) is 5.61. The molecule has 0 aromatic carbocycles. The number of nitrogens with one attached hydrogen (secondary N) is 1. The minimum absolute atomic E-state index is 0.124. The van der Waals surface area contributed by atoms with Gasteiger partial charge in [-0.25, -0.2) is 0 Å². The Hall–Kier alpha value is -0.650. The lowest BCUT2D eigenvalue weighted by atomic mass is 9.99. The molecular formula is C11H22N2O3. The Morgan fingerprint density at radius 1 is 1.62 bits per heavy atom. The van der Waals surface area contributed by atoms with Crippen LogP contribution in [-0.4, -0.2) is 42.4 Å². The Labute approximate surface area is 96.3 Å². The molecule has 0 spiro atoms. The highest BCUT2D eigenvalue weighted by Gasteiger charge is 2.32. The Bertz CT molecular complexity index is 243. The molecule has 1 heterocycles. The van der Waals surface area contributed by atoms with Gasteiger partial charge in [-0.2, -0.15) is 0 Å². The lowest BCUT2D eigenvalue weighted by molar-refractivity contribution is -0.126. The minimum atomic E-state index is -0.839. The molecule has 0 radical (unpaired) electrons. The van der Waals surface area contributed by atoms with E-state index in [9.17, 15) is 9.90 Å². The molecule has 3 atom stereocenters. The van der Waals surface area contributed by atoms with Crippen molar-refractivity contribution in [3.8, 4) is 0 Å². The van der Waals surface area contributed by atoms with Crippen LogP contribution in [0.4, 0.5) is 0 Å². The maximum atomic E-state index is 11.7. The molecule has 1 saturated heterocycles. The first-order valence-corrected chi connectivity index (χ1v) is 5.79. The zero-order chi connectivity index (χ0) is 12.2. The standard InChI is InChI=1S/C11H22N2O3/c1-3-4-11(2,15)7-13-10(14)8-5-16-6-9(8)12/h8-9,15H,3-7,12H2,1-2H3,(H,13,14). The summed E-state index contributed by atoms with van der Waals surface area (Å²) in [6, 6.07) is -0.226. The SMILES string of the molecule is CCCC(C)(O)CNC(=O)C1COCC1N. The van der Waals surface area contributed by atoms with Crippen molar-refractivity contribution in [3.63, 3.8) is 0 Å². The summed E-state index contributed by atoms with van der Waals surface area (Å²) in [4.78, 5) is 11.7. The Morgan fingerprint density at radius 2 is 2.31 bits per heavy atom. The molecular weight excluding hydrogens is 208 g/mol. The number of carbonyl (C=O) groups excluding carboxylic acids is 1. The summed E-state index contributed by atoms with van der Waals surface area (Å²) >= 11 is 0. The highest BCUT2D eigenvalue weighted by molar-refractivity contribution is 5.79. The quantitative estimate of drug-likeness (QED) is 0.601. The third-order valence-electron chi connectivity index (χ3n) is 2.89. The molecule has 0 aliphatic carbocycles. The van der Waals surface area contributed by atoms with Crippen LogP contribution in [-0.2, 0) is 9.53 Å². The fourth-order valence-corrected chi connectivity index (χ4v) is 1.88. The van der Waals surface area contributed by atoms with Gasteiger partial charge in [-0.05, 0) is 13.3 Å². The molecule has 0 aromatic rings. The van der Waals surface area contributed by atoms with E-state index in [1.54, 1.807) is 6.92 Å². The molecule has 1 aliphatic heterocycles. The van der Waals surface area contributed by atoms with Crippen molar-refractivity contribution >= 4 is 5.91 Å². The summed E-state index contributed by atoms with van der Waals surface area (Å²) in [5, 5.41) is 12.6. The van der Waals surface area contributed by atoms with Crippen molar-refractivity contribution < 1.29 is 14.6 Å². The van der Waals surface area contributed by atoms with E-state index in [-0.39, 0.29) is 24.4 Å². The second-order valence-corrected chi connectivity index (χ2v) is 4.77. The number of aliphatic hydroxyl groups is 1. The first-order chi connectivity index (χ1) is 7.46. The van der Waals surface area contributed by atoms with Crippen LogP contribution in [0.25, 0.3) is 0 Å². The molecule has 1 fully saturated rings. The third-order valence-corrected chi connectivity index (χ3v) is 2.89. The van der Waals surface area contributed by atoms with Gasteiger partial charge in [-0.15, -0.1) is 0 Å². The van der Waals surface area contributed by atoms with Gasteiger partial charge in [0.1, 0.15) is 0 Å². The van der Waals surface area contributed by atoms with Crippen molar-refractivity contribution in [2.75, 3.05) is 19.8 Å². The number of amides is 1. The first kappa shape index (κ1) is 13.4. The molecule has 5 heteroatoms. The third kappa shape index (κ3) is 3.73. The lowest BCUT2D eigenvalue weighted by Gasteiger charge is -2.24. The van der Waals surface area contributed by atoms with Crippen LogP contribution in [0.5, 0.6) is 0 Å². The van der Waals surface area contributed by atoms with E-state index >= 15 is 0 Å². The summed E-state index contributed by atoms with van der Waals surface area (Å²) in [5.41, 5.74) is 4.89. The van der Waals surface area contributed by atoms with Gasteiger partial charge in [-0.1, -0.05) is 13.3 Å². The normalized spacial score (nSPS) is 28.8. The predicted octanol–water partition coefficient (Wildman–Crippen LogP) is -0.373. The van der Waals surface area contributed by atoms with E-state index < -0.39 is 5.60 Å². The largest absolute Gasteiger partial charge is 0.388 e. The molecule has 3 unspecified atom stereocenters. The van der Waals surface area contributed by atoms with Crippen molar-refractivity contribution in [1.82, 2.24) is 5.32 Å². The van der Waals surface area contributed by atoms with Crippen LogP contribution >= 0.6 is 0 Å². The summed E-state index contributed by atoms with van der Waals surface area (Å²) in [7, 11) is 0. The van der Waals surface area contributed by atoms with Crippen LogP contribution in [0.2, 0.25) is 0 Å². The first-order valence-electron chi connectivity index (χ1n) is 5.79. The number of carbonyl (C=O) groups is 1. The van der Waals surface area contributed by atoms with Gasteiger partial charge in [0.05, 0.1) is 24.7 Å². The number of ether oxygens (including phenoxy) is 1. The molecule has 94 valence electrons. The molecule has 1 rings (SSSR count). The topological polar surface area (TPSA) is 84.6 Å². The number of nitrogens with two attached hydrogens (primary N) is 1. The van der Waals surface area contributed by atoms with Crippen molar-refractivity contribution in [2.24, 2.45) is 11.7 Å². The smallest absolute Gasteiger partial charge is 0.227 e. The van der Waals surface area contributed by atoms with Crippen LogP contribution < -0.4 is 11.1 Å². The molecule has 5 nitrogen and oxygen atoms in total. The van der Waals surface area contributed by atoms with E-state index in [0.717, 1.165) is 6.42 Å². The van der Waals surface area contributed by atoms with Crippen LogP contribution in [0.15, 0.2) is 0 Å². The minimum Gasteiger partial charge on any atom is -0.388 e. The molecule has 0 saturated carbocycles.